The van der Waals surface area contributed by atoms with Gasteiger partial charge in [0, 0.05) is 12.6 Å². The lowest BCUT2D eigenvalue weighted by atomic mass is 9.91. The Kier molecular flexibility index (Phi) is 5.23. The average molecular weight is 459 g/mol. The Morgan fingerprint density at radius 2 is 1.85 bits per heavy atom. The molecule has 9 heteroatoms. The minimum Gasteiger partial charge on any atom is -0.465 e. The molecule has 2 aromatic carbocycles. The van der Waals surface area contributed by atoms with Crippen LogP contribution in [0, 0.1) is 0 Å². The number of alkyl halides is 2. The molecule has 2 aliphatic heterocycles. The summed E-state index contributed by atoms with van der Waals surface area (Å²) in [7, 11) is 1.33. The van der Waals surface area contributed by atoms with Crippen molar-refractivity contribution in [3.05, 3.63) is 59.2 Å². The number of benzene rings is 2. The Morgan fingerprint density at radius 1 is 1.09 bits per heavy atom. The minimum atomic E-state index is -3.70. The highest BCUT2D eigenvalue weighted by atomic mass is 19.3. The molecular weight excluding hydrogens is 436 g/mol. The fraction of sp³-hybridized carbons (Fsp3) is 0.417. The lowest BCUT2D eigenvalue weighted by Crippen LogP contribution is -2.44. The third-order valence-electron chi connectivity index (χ3n) is 6.47. The third-order valence-corrected chi connectivity index (χ3v) is 6.47. The maximum absolute atomic E-state index is 13.4. The molecule has 1 amide bonds. The van der Waals surface area contributed by atoms with Crippen molar-refractivity contribution in [1.29, 1.82) is 0 Å². The van der Waals surface area contributed by atoms with Crippen LogP contribution in [0.1, 0.15) is 53.3 Å². The monoisotopic (exact) mass is 459 g/mol. The van der Waals surface area contributed by atoms with Crippen molar-refractivity contribution in [2.75, 3.05) is 13.7 Å². The molecule has 2 heterocycles. The van der Waals surface area contributed by atoms with Gasteiger partial charge in [0.2, 0.25) is 5.91 Å². The number of halogens is 2. The summed E-state index contributed by atoms with van der Waals surface area (Å²) in [5, 5.41) is 3.11. The van der Waals surface area contributed by atoms with Crippen LogP contribution in [0.3, 0.4) is 0 Å². The van der Waals surface area contributed by atoms with Crippen LogP contribution in [0.2, 0.25) is 0 Å². The summed E-state index contributed by atoms with van der Waals surface area (Å²) in [5.74, 6) is -0.704. The molecule has 3 aliphatic rings. The van der Waals surface area contributed by atoms with Crippen molar-refractivity contribution < 1.29 is 37.3 Å². The molecule has 1 saturated carbocycles. The largest absolute Gasteiger partial charge is 0.586 e. The topological polar surface area (TPSA) is 83.1 Å². The molecule has 0 radical (unpaired) electrons. The SMILES string of the molecule is COC(=O)c1ccccc1[C@H]1C[C@@H](NC(=O)C2(c3ccc4c(c3)OC(F)(F)O4)CC2)CCO1. The number of hydrogen-bond donors (Lipinski definition) is 1. The van der Waals surface area contributed by atoms with E-state index in [1.807, 2.05) is 12.1 Å². The Bertz CT molecular complexity index is 1100. The van der Waals surface area contributed by atoms with Gasteiger partial charge in [-0.2, -0.15) is 0 Å². The standard InChI is InChI=1S/C24H23F2NO6/c1-30-21(28)17-5-3-2-4-16(17)19-13-15(8-11-31-19)27-22(29)23(9-10-23)14-6-7-18-20(12-14)33-24(25,26)32-18/h2-7,12,15,19H,8-11,13H2,1H3,(H,27,29)/t15-,19+/m0/s1. The number of methoxy groups -OCH3 is 1. The zero-order chi connectivity index (χ0) is 23.2. The lowest BCUT2D eigenvalue weighted by Gasteiger charge is -2.32. The predicted octanol–water partition coefficient (Wildman–Crippen LogP) is 3.86. The summed E-state index contributed by atoms with van der Waals surface area (Å²) in [5.41, 5.74) is 1.02. The second-order valence-corrected chi connectivity index (χ2v) is 8.54. The Labute approximate surface area is 189 Å². The van der Waals surface area contributed by atoms with Crippen LogP contribution in [0.15, 0.2) is 42.5 Å². The fourth-order valence-corrected chi connectivity index (χ4v) is 4.56. The number of carbonyl (C=O) groups excluding carboxylic acids is 2. The van der Waals surface area contributed by atoms with Crippen LogP contribution in [-0.4, -0.2) is 37.9 Å². The number of esters is 1. The molecule has 1 N–H and O–H groups in total. The van der Waals surface area contributed by atoms with E-state index < -0.39 is 17.7 Å². The molecule has 2 aromatic rings. The van der Waals surface area contributed by atoms with Gasteiger partial charge >= 0.3 is 12.3 Å². The molecule has 174 valence electrons. The van der Waals surface area contributed by atoms with Crippen LogP contribution in [0.4, 0.5) is 8.78 Å². The summed E-state index contributed by atoms with van der Waals surface area (Å²) in [4.78, 5) is 25.4. The maximum Gasteiger partial charge on any atom is 0.586 e. The first-order chi connectivity index (χ1) is 15.8. The number of ether oxygens (including phenoxy) is 4. The van der Waals surface area contributed by atoms with Gasteiger partial charge in [-0.15, -0.1) is 8.78 Å². The Morgan fingerprint density at radius 3 is 2.61 bits per heavy atom. The van der Waals surface area contributed by atoms with Crippen molar-refractivity contribution >= 4 is 11.9 Å². The van der Waals surface area contributed by atoms with Crippen LogP contribution in [-0.2, 0) is 19.7 Å². The molecule has 5 rings (SSSR count). The lowest BCUT2D eigenvalue weighted by molar-refractivity contribution is -0.286. The predicted molar refractivity (Wildman–Crippen MR) is 111 cm³/mol. The normalized spacial score (nSPS) is 24.1. The van der Waals surface area contributed by atoms with E-state index in [0.717, 1.165) is 5.56 Å². The number of fused-ring (bicyclic) bond motifs is 1. The highest BCUT2D eigenvalue weighted by molar-refractivity contribution is 5.92. The fourth-order valence-electron chi connectivity index (χ4n) is 4.56. The van der Waals surface area contributed by atoms with E-state index in [2.05, 4.69) is 14.8 Å². The molecule has 0 bridgehead atoms. The molecule has 2 fully saturated rings. The van der Waals surface area contributed by atoms with Gasteiger partial charge in [0.1, 0.15) is 0 Å². The number of carbonyl (C=O) groups is 2. The molecule has 33 heavy (non-hydrogen) atoms. The quantitative estimate of drug-likeness (QED) is 0.684. The van der Waals surface area contributed by atoms with E-state index in [4.69, 9.17) is 9.47 Å². The van der Waals surface area contributed by atoms with Crippen molar-refractivity contribution in [2.24, 2.45) is 0 Å². The molecular formula is C24H23F2NO6. The highest BCUT2D eigenvalue weighted by Crippen LogP contribution is 2.52. The first-order valence-corrected chi connectivity index (χ1v) is 10.8. The molecule has 0 unspecified atom stereocenters. The van der Waals surface area contributed by atoms with E-state index in [-0.39, 0.29) is 29.6 Å². The van der Waals surface area contributed by atoms with E-state index in [0.29, 0.717) is 43.4 Å². The number of amides is 1. The number of rotatable bonds is 5. The van der Waals surface area contributed by atoms with Crippen LogP contribution in [0.5, 0.6) is 11.5 Å². The smallest absolute Gasteiger partial charge is 0.465 e. The van der Waals surface area contributed by atoms with Gasteiger partial charge in [-0.25, -0.2) is 4.79 Å². The van der Waals surface area contributed by atoms with Gasteiger partial charge in [0.05, 0.1) is 24.2 Å². The van der Waals surface area contributed by atoms with Gasteiger partial charge in [-0.3, -0.25) is 4.79 Å². The number of nitrogens with one attached hydrogen (secondary N) is 1. The molecule has 0 spiro atoms. The van der Waals surface area contributed by atoms with Gasteiger partial charge in [-0.05, 0) is 55.0 Å². The van der Waals surface area contributed by atoms with E-state index in [1.165, 1.54) is 19.2 Å². The first-order valence-electron chi connectivity index (χ1n) is 10.8. The van der Waals surface area contributed by atoms with Crippen molar-refractivity contribution in [3.8, 4) is 11.5 Å². The average Bonchev–Trinajstić information content (AvgIpc) is 3.56. The van der Waals surface area contributed by atoms with Crippen LogP contribution in [0.25, 0.3) is 0 Å². The minimum absolute atomic E-state index is 0.0449. The Balaban J connectivity index is 1.30. The first kappa shape index (κ1) is 21.6. The van der Waals surface area contributed by atoms with Gasteiger partial charge < -0.3 is 24.3 Å². The maximum atomic E-state index is 13.4. The van der Waals surface area contributed by atoms with Crippen molar-refractivity contribution in [1.82, 2.24) is 5.32 Å². The van der Waals surface area contributed by atoms with Crippen molar-refractivity contribution in [3.63, 3.8) is 0 Å². The van der Waals surface area contributed by atoms with Crippen LogP contribution >= 0.6 is 0 Å². The zero-order valence-corrected chi connectivity index (χ0v) is 17.9. The Hall–Kier alpha value is -3.20. The van der Waals surface area contributed by atoms with E-state index in [1.54, 1.807) is 18.2 Å². The van der Waals surface area contributed by atoms with E-state index >= 15 is 0 Å². The third kappa shape index (κ3) is 4.01. The number of hydrogen-bond acceptors (Lipinski definition) is 6. The highest BCUT2D eigenvalue weighted by Gasteiger charge is 2.53. The molecule has 2 atom stereocenters. The summed E-state index contributed by atoms with van der Waals surface area (Å²) in [6.45, 7) is 0.428. The van der Waals surface area contributed by atoms with Gasteiger partial charge in [0.25, 0.3) is 0 Å². The zero-order valence-electron chi connectivity index (χ0n) is 17.9. The second-order valence-electron chi connectivity index (χ2n) is 8.54. The molecule has 0 aromatic heterocycles. The van der Waals surface area contributed by atoms with Gasteiger partial charge in [-0.1, -0.05) is 24.3 Å². The summed E-state index contributed by atoms with van der Waals surface area (Å²) in [6.07, 6.45) is -1.69. The molecule has 1 aliphatic carbocycles. The van der Waals surface area contributed by atoms with Crippen LogP contribution < -0.4 is 14.8 Å². The molecule has 1 saturated heterocycles. The second kappa shape index (κ2) is 7.98. The summed E-state index contributed by atoms with van der Waals surface area (Å²) < 4.78 is 46.5. The van der Waals surface area contributed by atoms with E-state index in [9.17, 15) is 18.4 Å². The van der Waals surface area contributed by atoms with Crippen molar-refractivity contribution in [2.45, 2.75) is 49.5 Å². The van der Waals surface area contributed by atoms with Gasteiger partial charge in [0.15, 0.2) is 11.5 Å². The summed E-state index contributed by atoms with van der Waals surface area (Å²) >= 11 is 0. The summed E-state index contributed by atoms with van der Waals surface area (Å²) in [6, 6.07) is 11.5. The molecule has 7 nitrogen and oxygen atoms in total.